The maximum atomic E-state index is 13.1. The number of hydrogen-bond donors (Lipinski definition) is 1. The van der Waals surface area contributed by atoms with Gasteiger partial charge in [-0.3, -0.25) is 18.7 Å². The highest BCUT2D eigenvalue weighted by atomic mass is 79.9. The van der Waals surface area contributed by atoms with E-state index in [1.54, 1.807) is 24.3 Å². The highest BCUT2D eigenvalue weighted by Crippen LogP contribution is 2.27. The monoisotopic (exact) mass is 522 g/mol. The Morgan fingerprint density at radius 2 is 1.74 bits per heavy atom. The number of aromatic nitrogens is 3. The first-order valence-electron chi connectivity index (χ1n) is 10.1. The molecular weight excluding hydrogens is 504 g/mol. The van der Waals surface area contributed by atoms with Crippen molar-refractivity contribution in [3.8, 4) is 11.3 Å². The predicted molar refractivity (Wildman–Crippen MR) is 131 cm³/mol. The normalized spacial score (nSPS) is 10.9. The summed E-state index contributed by atoms with van der Waals surface area (Å²) in [6.45, 7) is -0.727. The van der Waals surface area contributed by atoms with Crippen LogP contribution in [0.25, 0.3) is 22.2 Å². The van der Waals surface area contributed by atoms with E-state index in [4.69, 9.17) is 10.5 Å². The summed E-state index contributed by atoms with van der Waals surface area (Å²) in [6.07, 6.45) is 0. The number of nitrogen functional groups attached to an aromatic ring is 1. The second-order valence-electron chi connectivity index (χ2n) is 7.55. The minimum absolute atomic E-state index is 0.208. The molecule has 0 aliphatic heterocycles. The Labute approximate surface area is 201 Å². The van der Waals surface area contributed by atoms with Crippen LogP contribution in [0.1, 0.15) is 20.7 Å². The molecular formula is C24H19BrN4O5. The third-order valence-corrected chi connectivity index (χ3v) is 5.88. The largest absolute Gasteiger partial charge is 0.454 e. The van der Waals surface area contributed by atoms with Gasteiger partial charge >= 0.3 is 11.7 Å². The number of halogens is 1. The standard InChI is InChI=1S/C24H19BrN4O5/c1-28-21(26)20(22(31)29(2)24(28)33)19(30)12-34-23(32)16-11-18(13-6-4-3-5-7-13)27-17-9-8-14(25)10-15(16)17/h3-11H,12,26H2,1-2H3. The summed E-state index contributed by atoms with van der Waals surface area (Å²) in [5, 5.41) is 0.532. The molecule has 34 heavy (non-hydrogen) atoms. The second kappa shape index (κ2) is 9.06. The van der Waals surface area contributed by atoms with Crippen LogP contribution in [-0.4, -0.2) is 32.5 Å². The maximum Gasteiger partial charge on any atom is 0.339 e. The number of fused-ring (bicyclic) bond motifs is 1. The van der Waals surface area contributed by atoms with E-state index in [0.717, 1.165) is 19.2 Å². The average molecular weight is 523 g/mol. The Balaban J connectivity index is 1.70. The zero-order valence-corrected chi connectivity index (χ0v) is 19.8. The number of nitrogens with zero attached hydrogens (tertiary/aromatic N) is 3. The molecule has 2 N–H and O–H groups in total. The van der Waals surface area contributed by atoms with Gasteiger partial charge in [0.05, 0.1) is 16.8 Å². The molecule has 4 aromatic rings. The van der Waals surface area contributed by atoms with Crippen molar-refractivity contribution < 1.29 is 14.3 Å². The molecule has 172 valence electrons. The van der Waals surface area contributed by atoms with E-state index in [9.17, 15) is 19.2 Å². The van der Waals surface area contributed by atoms with Gasteiger partial charge in [0.1, 0.15) is 11.4 Å². The first kappa shape index (κ1) is 23.1. The first-order valence-corrected chi connectivity index (χ1v) is 10.9. The van der Waals surface area contributed by atoms with E-state index in [1.807, 2.05) is 30.3 Å². The Kier molecular flexibility index (Phi) is 6.16. The molecule has 0 aliphatic rings. The predicted octanol–water partition coefficient (Wildman–Crippen LogP) is 2.68. The Bertz CT molecular complexity index is 1570. The van der Waals surface area contributed by atoms with Crippen molar-refractivity contribution in [1.82, 2.24) is 14.1 Å². The molecule has 2 aromatic heterocycles. The summed E-state index contributed by atoms with van der Waals surface area (Å²) in [5.74, 6) is -1.88. The Morgan fingerprint density at radius 3 is 2.44 bits per heavy atom. The number of pyridine rings is 1. The number of carbonyl (C=O) groups is 2. The summed E-state index contributed by atoms with van der Waals surface area (Å²) in [5.41, 5.74) is 6.03. The number of ketones is 1. The lowest BCUT2D eigenvalue weighted by molar-refractivity contribution is 0.0476. The van der Waals surface area contributed by atoms with Crippen molar-refractivity contribution in [3.63, 3.8) is 0 Å². The molecule has 0 saturated carbocycles. The number of anilines is 1. The number of rotatable bonds is 5. The van der Waals surface area contributed by atoms with Gasteiger partial charge in [0.15, 0.2) is 6.61 Å². The molecule has 0 spiro atoms. The number of ether oxygens (including phenoxy) is 1. The Morgan fingerprint density at radius 1 is 1.03 bits per heavy atom. The molecule has 0 fully saturated rings. The van der Waals surface area contributed by atoms with Crippen LogP contribution >= 0.6 is 15.9 Å². The van der Waals surface area contributed by atoms with E-state index in [1.165, 1.54) is 14.1 Å². The van der Waals surface area contributed by atoms with E-state index < -0.39 is 35.2 Å². The van der Waals surface area contributed by atoms with Crippen molar-refractivity contribution in [3.05, 3.63) is 91.0 Å². The molecule has 2 aromatic carbocycles. The smallest absolute Gasteiger partial charge is 0.339 e. The molecule has 0 saturated heterocycles. The van der Waals surface area contributed by atoms with Crippen molar-refractivity contribution >= 4 is 44.4 Å². The van der Waals surface area contributed by atoms with Gasteiger partial charge in [-0.15, -0.1) is 0 Å². The van der Waals surface area contributed by atoms with Gasteiger partial charge in [-0.25, -0.2) is 14.6 Å². The lowest BCUT2D eigenvalue weighted by atomic mass is 10.0. The van der Waals surface area contributed by atoms with E-state index in [2.05, 4.69) is 20.9 Å². The second-order valence-corrected chi connectivity index (χ2v) is 8.46. The summed E-state index contributed by atoms with van der Waals surface area (Å²) in [6, 6.07) is 16.2. The van der Waals surface area contributed by atoms with Gasteiger partial charge in [-0.1, -0.05) is 46.3 Å². The van der Waals surface area contributed by atoms with Crippen LogP contribution in [0.2, 0.25) is 0 Å². The summed E-state index contributed by atoms with van der Waals surface area (Å²) < 4.78 is 7.77. The van der Waals surface area contributed by atoms with Crippen LogP contribution < -0.4 is 17.0 Å². The Hall–Kier alpha value is -4.05. The third kappa shape index (κ3) is 4.15. The van der Waals surface area contributed by atoms with Crippen LogP contribution in [0.15, 0.2) is 68.7 Å². The topological polar surface area (TPSA) is 126 Å². The molecule has 0 atom stereocenters. The molecule has 9 nitrogen and oxygen atoms in total. The minimum Gasteiger partial charge on any atom is -0.454 e. The highest BCUT2D eigenvalue weighted by molar-refractivity contribution is 9.10. The van der Waals surface area contributed by atoms with Crippen LogP contribution in [0.4, 0.5) is 5.82 Å². The highest BCUT2D eigenvalue weighted by Gasteiger charge is 2.23. The molecule has 0 bridgehead atoms. The number of hydrogen-bond acceptors (Lipinski definition) is 7. The quantitative estimate of drug-likeness (QED) is 0.315. The van der Waals surface area contributed by atoms with Crippen molar-refractivity contribution in [2.75, 3.05) is 12.3 Å². The van der Waals surface area contributed by atoms with Crippen LogP contribution in [0, 0.1) is 0 Å². The number of nitrogens with two attached hydrogens (primary N) is 1. The number of Topliss-reactive ketones (excluding diaryl/α,β-unsaturated/α-hetero) is 1. The average Bonchev–Trinajstić information content (AvgIpc) is 2.84. The molecule has 0 aliphatic carbocycles. The van der Waals surface area contributed by atoms with Crippen molar-refractivity contribution in [2.24, 2.45) is 14.1 Å². The molecule has 2 heterocycles. The van der Waals surface area contributed by atoms with Gasteiger partial charge in [0.25, 0.3) is 5.56 Å². The summed E-state index contributed by atoms with van der Waals surface area (Å²) >= 11 is 3.39. The SMILES string of the molecule is Cn1c(N)c(C(=O)COC(=O)c2cc(-c3ccccc3)nc3ccc(Br)cc23)c(=O)n(C)c1=O. The van der Waals surface area contributed by atoms with E-state index in [0.29, 0.717) is 16.6 Å². The summed E-state index contributed by atoms with van der Waals surface area (Å²) in [7, 11) is 2.57. The van der Waals surface area contributed by atoms with Gasteiger partial charge < -0.3 is 10.5 Å². The van der Waals surface area contributed by atoms with Crippen molar-refractivity contribution in [2.45, 2.75) is 0 Å². The molecule has 10 heteroatoms. The lowest BCUT2D eigenvalue weighted by Crippen LogP contribution is -2.42. The fourth-order valence-corrected chi connectivity index (χ4v) is 3.89. The zero-order valence-electron chi connectivity index (χ0n) is 18.2. The molecule has 0 amide bonds. The van der Waals surface area contributed by atoms with Gasteiger partial charge in [-0.2, -0.15) is 0 Å². The van der Waals surface area contributed by atoms with Crippen LogP contribution in [-0.2, 0) is 18.8 Å². The zero-order chi connectivity index (χ0) is 24.6. The molecule has 4 rings (SSSR count). The van der Waals surface area contributed by atoms with E-state index >= 15 is 0 Å². The molecule has 0 unspecified atom stereocenters. The number of carbonyl (C=O) groups excluding carboxylic acids is 2. The van der Waals surface area contributed by atoms with Crippen molar-refractivity contribution in [1.29, 1.82) is 0 Å². The van der Waals surface area contributed by atoms with Gasteiger partial charge in [0.2, 0.25) is 5.78 Å². The maximum absolute atomic E-state index is 13.1. The van der Waals surface area contributed by atoms with Crippen LogP contribution in [0.5, 0.6) is 0 Å². The minimum atomic E-state index is -0.855. The summed E-state index contributed by atoms with van der Waals surface area (Å²) in [4.78, 5) is 54.8. The number of benzene rings is 2. The molecule has 0 radical (unpaired) electrons. The first-order chi connectivity index (χ1) is 16.2. The van der Waals surface area contributed by atoms with Crippen LogP contribution in [0.3, 0.4) is 0 Å². The third-order valence-electron chi connectivity index (χ3n) is 5.38. The van der Waals surface area contributed by atoms with E-state index in [-0.39, 0.29) is 11.4 Å². The van der Waals surface area contributed by atoms with Gasteiger partial charge in [0, 0.05) is 29.5 Å². The number of esters is 1. The fraction of sp³-hybridized carbons (Fsp3) is 0.125. The fourth-order valence-electron chi connectivity index (χ4n) is 3.53. The lowest BCUT2D eigenvalue weighted by Gasteiger charge is -2.12. The van der Waals surface area contributed by atoms with Gasteiger partial charge in [-0.05, 0) is 24.3 Å².